The first-order chi connectivity index (χ1) is 13.6. The van der Waals surface area contributed by atoms with Crippen LogP contribution < -0.4 is 10.9 Å². The lowest BCUT2D eigenvalue weighted by Gasteiger charge is -2.05. The lowest BCUT2D eigenvalue weighted by atomic mass is 10.1. The van der Waals surface area contributed by atoms with E-state index in [1.54, 1.807) is 18.3 Å². The first kappa shape index (κ1) is 18.3. The molecule has 6 nitrogen and oxygen atoms in total. The predicted molar refractivity (Wildman–Crippen MR) is 113 cm³/mol. The molecule has 4 rings (SSSR count). The minimum Gasteiger partial charge on any atom is -0.300 e. The molecule has 7 heteroatoms. The molecule has 0 radical (unpaired) electrons. The molecule has 2 aromatic carbocycles. The summed E-state index contributed by atoms with van der Waals surface area (Å²) in [5, 5.41) is 8.72. The van der Waals surface area contributed by atoms with Gasteiger partial charge in [-0.3, -0.25) is 9.59 Å². The topological polar surface area (TPSA) is 76.9 Å². The summed E-state index contributed by atoms with van der Waals surface area (Å²) in [6.45, 7) is 2.02. The van der Waals surface area contributed by atoms with Crippen molar-refractivity contribution >= 4 is 43.4 Å². The molecule has 1 N–H and O–H groups in total. The van der Waals surface area contributed by atoms with E-state index in [-0.39, 0.29) is 18.0 Å². The number of benzene rings is 2. The smallest absolute Gasteiger partial charge is 0.275 e. The Bertz CT molecular complexity index is 1210. The van der Waals surface area contributed by atoms with Crippen LogP contribution in [0.1, 0.15) is 25.3 Å². The zero-order valence-corrected chi connectivity index (χ0v) is 16.3. The minimum absolute atomic E-state index is 0.151. The first-order valence-electron chi connectivity index (χ1n) is 9.28. The molecule has 0 saturated heterocycles. The normalized spacial score (nSPS) is 11.2. The SMILES string of the molecule is CCCCc1ccc2nc(NC(=O)Cn3ncc4ccccc4c3=O)sc2c1. The number of nitrogens with one attached hydrogen (secondary N) is 1. The average molecular weight is 392 g/mol. The van der Waals surface area contributed by atoms with Gasteiger partial charge in [0.15, 0.2) is 5.13 Å². The van der Waals surface area contributed by atoms with Gasteiger partial charge in [0.25, 0.3) is 5.56 Å². The fourth-order valence-corrected chi connectivity index (χ4v) is 4.04. The maximum absolute atomic E-state index is 12.5. The Morgan fingerprint density at radius 3 is 2.93 bits per heavy atom. The fraction of sp³-hybridized carbons (Fsp3) is 0.238. The first-order valence-corrected chi connectivity index (χ1v) is 10.1. The highest BCUT2D eigenvalue weighted by Gasteiger charge is 2.11. The van der Waals surface area contributed by atoms with Gasteiger partial charge < -0.3 is 5.32 Å². The van der Waals surface area contributed by atoms with Gasteiger partial charge in [-0.05, 0) is 36.6 Å². The Hall–Kier alpha value is -3.06. The van der Waals surface area contributed by atoms with Crippen LogP contribution in [-0.4, -0.2) is 20.7 Å². The van der Waals surface area contributed by atoms with Crippen LogP contribution in [0.15, 0.2) is 53.5 Å². The Balaban J connectivity index is 1.50. The third kappa shape index (κ3) is 3.80. The molecule has 4 aromatic rings. The molecule has 1 amide bonds. The van der Waals surface area contributed by atoms with Crippen molar-refractivity contribution in [1.82, 2.24) is 14.8 Å². The second-order valence-corrected chi connectivity index (χ2v) is 7.70. The van der Waals surface area contributed by atoms with Gasteiger partial charge in [-0.2, -0.15) is 5.10 Å². The van der Waals surface area contributed by atoms with Gasteiger partial charge >= 0.3 is 0 Å². The number of amides is 1. The quantitative estimate of drug-likeness (QED) is 0.538. The van der Waals surface area contributed by atoms with Crippen LogP contribution in [-0.2, 0) is 17.8 Å². The number of rotatable bonds is 6. The van der Waals surface area contributed by atoms with Crippen LogP contribution in [0.4, 0.5) is 5.13 Å². The number of unbranched alkanes of at least 4 members (excludes halogenated alkanes) is 1. The molecule has 0 spiro atoms. The lowest BCUT2D eigenvalue weighted by Crippen LogP contribution is -2.29. The van der Waals surface area contributed by atoms with Crippen molar-refractivity contribution < 1.29 is 4.79 Å². The number of anilines is 1. The Morgan fingerprint density at radius 2 is 2.07 bits per heavy atom. The number of carbonyl (C=O) groups is 1. The second-order valence-electron chi connectivity index (χ2n) is 6.67. The van der Waals surface area contributed by atoms with Crippen molar-refractivity contribution in [3.63, 3.8) is 0 Å². The van der Waals surface area contributed by atoms with E-state index in [4.69, 9.17) is 0 Å². The Labute approximate surface area is 165 Å². The largest absolute Gasteiger partial charge is 0.300 e. The summed E-state index contributed by atoms with van der Waals surface area (Å²) < 4.78 is 2.22. The van der Waals surface area contributed by atoms with Crippen LogP contribution in [0.25, 0.3) is 21.0 Å². The van der Waals surface area contributed by atoms with Gasteiger partial charge in [-0.1, -0.05) is 48.9 Å². The molecule has 0 unspecified atom stereocenters. The molecule has 0 bridgehead atoms. The second kappa shape index (κ2) is 7.90. The van der Waals surface area contributed by atoms with Crippen molar-refractivity contribution in [3.8, 4) is 0 Å². The number of thiazole rings is 1. The maximum atomic E-state index is 12.5. The molecule has 0 atom stereocenters. The van der Waals surface area contributed by atoms with E-state index in [9.17, 15) is 9.59 Å². The molecular weight excluding hydrogens is 372 g/mol. The predicted octanol–water partition coefficient (Wildman–Crippen LogP) is 3.99. The number of nitrogens with zero attached hydrogens (tertiary/aromatic N) is 3. The third-order valence-electron chi connectivity index (χ3n) is 4.57. The lowest BCUT2D eigenvalue weighted by molar-refractivity contribution is -0.117. The highest BCUT2D eigenvalue weighted by molar-refractivity contribution is 7.22. The Kier molecular flexibility index (Phi) is 5.16. The van der Waals surface area contributed by atoms with Crippen LogP contribution >= 0.6 is 11.3 Å². The number of fused-ring (bicyclic) bond motifs is 2. The fourth-order valence-electron chi connectivity index (χ4n) is 3.09. The van der Waals surface area contributed by atoms with E-state index in [0.29, 0.717) is 10.5 Å². The van der Waals surface area contributed by atoms with Crippen LogP contribution in [0.2, 0.25) is 0 Å². The number of carbonyl (C=O) groups excluding carboxylic acids is 1. The summed E-state index contributed by atoms with van der Waals surface area (Å²) in [6, 6.07) is 13.4. The van der Waals surface area contributed by atoms with Crippen LogP contribution in [0.3, 0.4) is 0 Å². The van der Waals surface area contributed by atoms with E-state index in [1.807, 2.05) is 18.2 Å². The van der Waals surface area contributed by atoms with Gasteiger partial charge in [0.1, 0.15) is 6.54 Å². The standard InChI is InChI=1S/C21H20N4O2S/c1-2-3-6-14-9-10-17-18(11-14)28-21(23-17)24-19(26)13-25-20(27)16-8-5-4-7-15(16)12-22-25/h4-5,7-12H,2-3,6,13H2,1H3,(H,23,24,26). The molecule has 2 heterocycles. The molecule has 0 fully saturated rings. The van der Waals surface area contributed by atoms with E-state index < -0.39 is 0 Å². The summed E-state index contributed by atoms with van der Waals surface area (Å²) in [5.74, 6) is -0.324. The zero-order valence-electron chi connectivity index (χ0n) is 15.5. The highest BCUT2D eigenvalue weighted by atomic mass is 32.1. The number of hydrogen-bond donors (Lipinski definition) is 1. The molecule has 0 aliphatic carbocycles. The van der Waals surface area contributed by atoms with Crippen molar-refractivity contribution in [1.29, 1.82) is 0 Å². The van der Waals surface area contributed by atoms with E-state index >= 15 is 0 Å². The number of aryl methyl sites for hydroxylation is 1. The molecule has 2 aromatic heterocycles. The van der Waals surface area contributed by atoms with Gasteiger partial charge in [0.05, 0.1) is 21.8 Å². The van der Waals surface area contributed by atoms with Gasteiger partial charge in [-0.15, -0.1) is 0 Å². The molecule has 0 aliphatic rings. The summed E-state index contributed by atoms with van der Waals surface area (Å²) in [4.78, 5) is 29.4. The molecule has 28 heavy (non-hydrogen) atoms. The molecular formula is C21H20N4O2S. The number of hydrogen-bond acceptors (Lipinski definition) is 5. The van der Waals surface area contributed by atoms with E-state index in [1.165, 1.54) is 21.6 Å². The number of aromatic nitrogens is 3. The summed E-state index contributed by atoms with van der Waals surface area (Å²) in [6.07, 6.45) is 4.95. The van der Waals surface area contributed by atoms with Crippen LogP contribution in [0, 0.1) is 0 Å². The summed E-state index contributed by atoms with van der Waals surface area (Å²) in [5.41, 5.74) is 1.86. The molecule has 0 aliphatic heterocycles. The van der Waals surface area contributed by atoms with E-state index in [0.717, 1.165) is 34.9 Å². The average Bonchev–Trinajstić information content (AvgIpc) is 3.10. The third-order valence-corrected chi connectivity index (χ3v) is 5.51. The van der Waals surface area contributed by atoms with Gasteiger partial charge in [0.2, 0.25) is 5.91 Å². The van der Waals surface area contributed by atoms with Crippen molar-refractivity contribution in [3.05, 3.63) is 64.6 Å². The molecule has 0 saturated carbocycles. The van der Waals surface area contributed by atoms with Crippen molar-refractivity contribution in [2.75, 3.05) is 5.32 Å². The van der Waals surface area contributed by atoms with Gasteiger partial charge in [0, 0.05) is 5.39 Å². The Morgan fingerprint density at radius 1 is 1.21 bits per heavy atom. The van der Waals surface area contributed by atoms with Crippen molar-refractivity contribution in [2.24, 2.45) is 0 Å². The molecule has 142 valence electrons. The van der Waals surface area contributed by atoms with Gasteiger partial charge in [-0.25, -0.2) is 9.67 Å². The minimum atomic E-state index is -0.324. The maximum Gasteiger partial charge on any atom is 0.275 e. The van der Waals surface area contributed by atoms with Crippen LogP contribution in [0.5, 0.6) is 0 Å². The summed E-state index contributed by atoms with van der Waals surface area (Å²) >= 11 is 1.44. The van der Waals surface area contributed by atoms with E-state index in [2.05, 4.69) is 34.5 Å². The summed E-state index contributed by atoms with van der Waals surface area (Å²) in [7, 11) is 0. The highest BCUT2D eigenvalue weighted by Crippen LogP contribution is 2.27. The van der Waals surface area contributed by atoms with Crippen molar-refractivity contribution in [2.45, 2.75) is 32.7 Å². The zero-order chi connectivity index (χ0) is 19.5. The monoisotopic (exact) mass is 392 g/mol.